The molecule has 3 heteroatoms. The molecular weight excluding hydrogens is 160 g/mol. The van der Waals surface area contributed by atoms with Crippen molar-refractivity contribution in [1.82, 2.24) is 4.90 Å². The van der Waals surface area contributed by atoms with Gasteiger partial charge in [0.1, 0.15) is 5.83 Å². The average Bonchev–Trinajstić information content (AvgIpc) is 2.04. The van der Waals surface area contributed by atoms with Crippen LogP contribution in [-0.4, -0.2) is 24.3 Å². The molecule has 0 aromatic rings. The fraction of sp³-hybridized carbons (Fsp3) is 0.778. The molecule has 12 heavy (non-hydrogen) atoms. The second-order valence-corrected chi connectivity index (χ2v) is 3.50. The molecule has 1 saturated heterocycles. The molecular formula is C9H15F2N. The van der Waals surface area contributed by atoms with Crippen LogP contribution in [0.2, 0.25) is 0 Å². The number of alkyl halides is 1. The third kappa shape index (κ3) is 2.27. The number of nitrogens with zero attached hydrogens (tertiary/aromatic N) is 1. The number of likely N-dealkylation sites (tertiary alicyclic amines) is 1. The molecule has 70 valence electrons. The van der Waals surface area contributed by atoms with Crippen molar-refractivity contribution >= 4 is 0 Å². The first kappa shape index (κ1) is 9.65. The van der Waals surface area contributed by atoms with Gasteiger partial charge in [-0.3, -0.25) is 4.90 Å². The van der Waals surface area contributed by atoms with Crippen molar-refractivity contribution in [2.45, 2.75) is 26.1 Å². The van der Waals surface area contributed by atoms with Crippen molar-refractivity contribution in [2.24, 2.45) is 5.92 Å². The van der Waals surface area contributed by atoms with E-state index in [0.29, 0.717) is 19.0 Å². The second kappa shape index (κ2) is 3.99. The highest BCUT2D eigenvalue weighted by molar-refractivity contribution is 4.91. The Kier molecular flexibility index (Phi) is 3.20. The molecule has 0 N–H and O–H groups in total. The van der Waals surface area contributed by atoms with E-state index in [0.717, 1.165) is 12.8 Å². The zero-order valence-electron chi connectivity index (χ0n) is 7.39. The number of piperidine rings is 1. The molecule has 1 fully saturated rings. The quantitative estimate of drug-likeness (QED) is 0.583. The van der Waals surface area contributed by atoms with E-state index in [2.05, 4.69) is 13.5 Å². The lowest BCUT2D eigenvalue weighted by Crippen LogP contribution is -2.38. The van der Waals surface area contributed by atoms with Crippen LogP contribution in [0.15, 0.2) is 12.4 Å². The third-order valence-corrected chi connectivity index (χ3v) is 2.40. The summed E-state index contributed by atoms with van der Waals surface area (Å²) in [4.78, 5) is 1.50. The highest BCUT2D eigenvalue weighted by atomic mass is 19.2. The molecule has 1 aliphatic rings. The molecule has 1 atom stereocenters. The van der Waals surface area contributed by atoms with Crippen molar-refractivity contribution in [2.75, 3.05) is 13.1 Å². The van der Waals surface area contributed by atoms with E-state index in [4.69, 9.17) is 0 Å². The standard InChI is InChI=1S/C9H15F2N/c1-7-3-5-12(6-4-7)9(11)8(2)10/h7,9H,2-6H2,1H3. The van der Waals surface area contributed by atoms with Crippen molar-refractivity contribution in [3.8, 4) is 0 Å². The van der Waals surface area contributed by atoms with Gasteiger partial charge in [-0.05, 0) is 18.8 Å². The van der Waals surface area contributed by atoms with E-state index >= 15 is 0 Å². The molecule has 1 heterocycles. The summed E-state index contributed by atoms with van der Waals surface area (Å²) in [5, 5.41) is 0. The average molecular weight is 175 g/mol. The first-order chi connectivity index (χ1) is 5.61. The van der Waals surface area contributed by atoms with Crippen molar-refractivity contribution < 1.29 is 8.78 Å². The highest BCUT2D eigenvalue weighted by Gasteiger charge is 2.24. The van der Waals surface area contributed by atoms with E-state index in [1.165, 1.54) is 4.90 Å². The summed E-state index contributed by atoms with van der Waals surface area (Å²) in [5.41, 5.74) is 0. The minimum absolute atomic E-state index is 0.640. The molecule has 0 radical (unpaired) electrons. The Balaban J connectivity index is 2.39. The Labute approximate surface area is 72.1 Å². The zero-order valence-corrected chi connectivity index (χ0v) is 7.39. The molecule has 1 nitrogen and oxygen atoms in total. The molecule has 0 aromatic heterocycles. The number of halogens is 2. The summed E-state index contributed by atoms with van der Waals surface area (Å²) >= 11 is 0. The molecule has 1 aliphatic heterocycles. The molecule has 0 saturated carbocycles. The molecule has 0 aromatic carbocycles. The normalized spacial score (nSPS) is 23.9. The Hall–Kier alpha value is -0.440. The van der Waals surface area contributed by atoms with Crippen LogP contribution in [0.25, 0.3) is 0 Å². The van der Waals surface area contributed by atoms with Gasteiger partial charge in [-0.15, -0.1) is 0 Å². The summed E-state index contributed by atoms with van der Waals surface area (Å²) in [7, 11) is 0. The van der Waals surface area contributed by atoms with Gasteiger partial charge in [-0.1, -0.05) is 13.5 Å². The van der Waals surface area contributed by atoms with Crippen molar-refractivity contribution in [3.05, 3.63) is 12.4 Å². The Bertz CT molecular complexity index is 162. The predicted octanol–water partition coefficient (Wildman–Crippen LogP) is 2.50. The van der Waals surface area contributed by atoms with Gasteiger partial charge in [0.2, 0.25) is 6.30 Å². The lowest BCUT2D eigenvalue weighted by atomic mass is 9.99. The predicted molar refractivity (Wildman–Crippen MR) is 45.1 cm³/mol. The fourth-order valence-electron chi connectivity index (χ4n) is 1.45. The van der Waals surface area contributed by atoms with Gasteiger partial charge in [-0.25, -0.2) is 8.78 Å². The van der Waals surface area contributed by atoms with E-state index in [1.54, 1.807) is 0 Å². The summed E-state index contributed by atoms with van der Waals surface area (Å²) in [6.45, 7) is 6.39. The van der Waals surface area contributed by atoms with Gasteiger partial charge in [0.15, 0.2) is 0 Å². The summed E-state index contributed by atoms with van der Waals surface area (Å²) in [6.07, 6.45) is 0.319. The first-order valence-corrected chi connectivity index (χ1v) is 4.33. The van der Waals surface area contributed by atoms with E-state index in [1.807, 2.05) is 0 Å². The molecule has 0 amide bonds. The Morgan fingerprint density at radius 3 is 2.42 bits per heavy atom. The maximum atomic E-state index is 13.0. The first-order valence-electron chi connectivity index (χ1n) is 4.33. The monoisotopic (exact) mass is 175 g/mol. The molecule has 0 bridgehead atoms. The van der Waals surface area contributed by atoms with Gasteiger partial charge in [0, 0.05) is 13.1 Å². The van der Waals surface area contributed by atoms with Crippen LogP contribution >= 0.6 is 0 Å². The lowest BCUT2D eigenvalue weighted by Gasteiger charge is -2.31. The van der Waals surface area contributed by atoms with Crippen LogP contribution in [0.3, 0.4) is 0 Å². The third-order valence-electron chi connectivity index (χ3n) is 2.40. The lowest BCUT2D eigenvalue weighted by molar-refractivity contribution is 0.0613. The van der Waals surface area contributed by atoms with Crippen LogP contribution in [0.5, 0.6) is 0 Å². The SMILES string of the molecule is C=C(F)C(F)N1CCC(C)CC1. The number of hydrogen-bond acceptors (Lipinski definition) is 1. The molecule has 0 aliphatic carbocycles. The summed E-state index contributed by atoms with van der Waals surface area (Å²) in [5.74, 6) is -0.231. The summed E-state index contributed by atoms with van der Waals surface area (Å²) in [6, 6.07) is 0. The zero-order chi connectivity index (χ0) is 9.14. The van der Waals surface area contributed by atoms with Gasteiger partial charge in [-0.2, -0.15) is 0 Å². The molecule has 1 unspecified atom stereocenters. The molecule has 0 spiro atoms. The van der Waals surface area contributed by atoms with Crippen LogP contribution in [0.1, 0.15) is 19.8 Å². The Morgan fingerprint density at radius 2 is 2.00 bits per heavy atom. The van der Waals surface area contributed by atoms with Crippen LogP contribution < -0.4 is 0 Å². The largest absolute Gasteiger partial charge is 0.268 e. The topological polar surface area (TPSA) is 3.24 Å². The maximum absolute atomic E-state index is 13.0. The van der Waals surface area contributed by atoms with Crippen LogP contribution in [-0.2, 0) is 0 Å². The van der Waals surface area contributed by atoms with Gasteiger partial charge in [0.25, 0.3) is 0 Å². The van der Waals surface area contributed by atoms with Crippen molar-refractivity contribution in [1.29, 1.82) is 0 Å². The Morgan fingerprint density at radius 1 is 1.50 bits per heavy atom. The van der Waals surface area contributed by atoms with Gasteiger partial charge in [0.05, 0.1) is 0 Å². The van der Waals surface area contributed by atoms with E-state index in [-0.39, 0.29) is 0 Å². The molecule has 1 rings (SSSR count). The van der Waals surface area contributed by atoms with Gasteiger partial charge >= 0.3 is 0 Å². The highest BCUT2D eigenvalue weighted by Crippen LogP contribution is 2.21. The number of hydrogen-bond donors (Lipinski definition) is 0. The van der Waals surface area contributed by atoms with E-state index in [9.17, 15) is 8.78 Å². The summed E-state index contributed by atoms with van der Waals surface area (Å²) < 4.78 is 25.4. The number of rotatable bonds is 2. The smallest absolute Gasteiger partial charge is 0.205 e. The minimum Gasteiger partial charge on any atom is -0.268 e. The van der Waals surface area contributed by atoms with E-state index < -0.39 is 12.1 Å². The minimum atomic E-state index is -1.59. The van der Waals surface area contributed by atoms with Gasteiger partial charge < -0.3 is 0 Å². The maximum Gasteiger partial charge on any atom is 0.205 e. The second-order valence-electron chi connectivity index (χ2n) is 3.50. The van der Waals surface area contributed by atoms with Crippen LogP contribution in [0.4, 0.5) is 8.78 Å². The van der Waals surface area contributed by atoms with Crippen molar-refractivity contribution in [3.63, 3.8) is 0 Å². The fourth-order valence-corrected chi connectivity index (χ4v) is 1.45. The van der Waals surface area contributed by atoms with Crippen LogP contribution in [0, 0.1) is 5.92 Å².